The van der Waals surface area contributed by atoms with Crippen molar-refractivity contribution >= 4 is 31.5 Å². The van der Waals surface area contributed by atoms with Gasteiger partial charge in [-0.15, -0.1) is 11.3 Å². The molecule has 10 aromatic rings. The third-order valence-electron chi connectivity index (χ3n) is 12.1. The summed E-state index contributed by atoms with van der Waals surface area (Å²) in [6.45, 7) is 0. The van der Waals surface area contributed by atoms with E-state index in [0.717, 1.165) is 0 Å². The zero-order valence-electron chi connectivity index (χ0n) is 31.3. The second-order valence-corrected chi connectivity index (χ2v) is 16.3. The molecular weight excluding hydrogens is 705 g/mol. The van der Waals surface area contributed by atoms with Gasteiger partial charge in [-0.3, -0.25) is 0 Å². The summed E-state index contributed by atoms with van der Waals surface area (Å²) in [4.78, 5) is 0. The highest BCUT2D eigenvalue weighted by Gasteiger charge is 2.45. The van der Waals surface area contributed by atoms with Crippen LogP contribution in [0.3, 0.4) is 0 Å². The largest absolute Gasteiger partial charge is 0.135 e. The molecule has 1 aliphatic carbocycles. The molecule has 0 amide bonds. The van der Waals surface area contributed by atoms with E-state index in [1.807, 2.05) is 11.3 Å². The molecule has 1 aromatic heterocycles. The highest BCUT2D eigenvalue weighted by Crippen LogP contribution is 2.56. The lowest BCUT2D eigenvalue weighted by Gasteiger charge is -2.33. The second kappa shape index (κ2) is 13.7. The van der Waals surface area contributed by atoms with Gasteiger partial charge in [0.25, 0.3) is 0 Å². The molecule has 1 heterocycles. The van der Waals surface area contributed by atoms with Crippen LogP contribution >= 0.6 is 11.3 Å². The van der Waals surface area contributed by atoms with Gasteiger partial charge in [0.2, 0.25) is 0 Å². The monoisotopic (exact) mass is 742 g/mol. The van der Waals surface area contributed by atoms with E-state index >= 15 is 0 Å². The Morgan fingerprint density at radius 2 is 0.860 bits per heavy atom. The van der Waals surface area contributed by atoms with Gasteiger partial charge in [-0.05, 0) is 90.5 Å². The number of hydrogen-bond acceptors (Lipinski definition) is 1. The first-order chi connectivity index (χ1) is 28.3. The normalized spacial score (nSPS) is 13.3. The first-order valence-electron chi connectivity index (χ1n) is 19.8. The molecule has 0 radical (unpaired) electrons. The molecule has 57 heavy (non-hydrogen) atoms. The van der Waals surface area contributed by atoms with Crippen LogP contribution in [0.15, 0.2) is 224 Å². The maximum Gasteiger partial charge on any atom is 0.0714 e. The van der Waals surface area contributed by atoms with Crippen molar-refractivity contribution in [3.63, 3.8) is 0 Å². The minimum Gasteiger partial charge on any atom is -0.135 e. The molecule has 1 atom stereocenters. The van der Waals surface area contributed by atoms with Crippen molar-refractivity contribution in [1.82, 2.24) is 0 Å². The van der Waals surface area contributed by atoms with Gasteiger partial charge in [0.05, 0.1) is 5.41 Å². The summed E-state index contributed by atoms with van der Waals surface area (Å²) in [6, 6.07) is 83.2. The maximum atomic E-state index is 2.47. The van der Waals surface area contributed by atoms with Crippen LogP contribution in [-0.4, -0.2) is 0 Å². The summed E-state index contributed by atoms with van der Waals surface area (Å²) in [7, 11) is 0. The van der Waals surface area contributed by atoms with E-state index in [2.05, 4.69) is 224 Å². The standard InChI is InChI=1S/C56H38S/c1-4-15-38(16-5-1)39-27-29-41(30-28-39)55(40-17-6-2-7-18-40)44-20-14-19-42(35-44)43-31-34-53-50(36-43)49-33-32-46(37-54(49)57-53)56(45-21-8-3-9-22-45)51-25-12-10-23-47(51)48-24-11-13-26-52(48)56/h1-37,55H. The van der Waals surface area contributed by atoms with Crippen molar-refractivity contribution in [2.75, 3.05) is 0 Å². The van der Waals surface area contributed by atoms with Crippen molar-refractivity contribution in [1.29, 1.82) is 0 Å². The third kappa shape index (κ3) is 5.50. The number of benzene rings is 9. The molecule has 1 aliphatic rings. The predicted octanol–water partition coefficient (Wildman–Crippen LogP) is 14.9. The minimum absolute atomic E-state index is 0.114. The lowest BCUT2D eigenvalue weighted by molar-refractivity contribution is 0.770. The Bertz CT molecular complexity index is 3000. The zero-order chi connectivity index (χ0) is 37.8. The Kier molecular flexibility index (Phi) is 8.08. The average Bonchev–Trinajstić information content (AvgIpc) is 3.81. The quantitative estimate of drug-likeness (QED) is 0.143. The lowest BCUT2D eigenvalue weighted by Crippen LogP contribution is -2.28. The Labute approximate surface area is 338 Å². The van der Waals surface area contributed by atoms with E-state index < -0.39 is 5.41 Å². The molecule has 1 heteroatoms. The first-order valence-corrected chi connectivity index (χ1v) is 20.6. The summed E-state index contributed by atoms with van der Waals surface area (Å²) in [5.41, 5.74) is 16.3. The van der Waals surface area contributed by atoms with E-state index in [9.17, 15) is 0 Å². The molecule has 0 N–H and O–H groups in total. The van der Waals surface area contributed by atoms with Crippen LogP contribution in [0.25, 0.3) is 53.6 Å². The molecule has 268 valence electrons. The fourth-order valence-corrected chi connectivity index (χ4v) is 10.6. The van der Waals surface area contributed by atoms with Gasteiger partial charge in [0.1, 0.15) is 0 Å². The van der Waals surface area contributed by atoms with Gasteiger partial charge < -0.3 is 0 Å². The van der Waals surface area contributed by atoms with Crippen molar-refractivity contribution in [3.05, 3.63) is 263 Å². The smallest absolute Gasteiger partial charge is 0.0714 e. The Balaban J connectivity index is 1.01. The summed E-state index contributed by atoms with van der Waals surface area (Å²) >= 11 is 1.90. The van der Waals surface area contributed by atoms with Crippen LogP contribution in [0.2, 0.25) is 0 Å². The fraction of sp³-hybridized carbons (Fsp3) is 0.0357. The van der Waals surface area contributed by atoms with Gasteiger partial charge in [-0.25, -0.2) is 0 Å². The van der Waals surface area contributed by atoms with Crippen molar-refractivity contribution in [2.24, 2.45) is 0 Å². The van der Waals surface area contributed by atoms with E-state index in [1.54, 1.807) is 0 Å². The van der Waals surface area contributed by atoms with Gasteiger partial charge in [-0.2, -0.15) is 0 Å². The highest BCUT2D eigenvalue weighted by molar-refractivity contribution is 7.25. The highest BCUT2D eigenvalue weighted by atomic mass is 32.1. The van der Waals surface area contributed by atoms with Gasteiger partial charge in [0.15, 0.2) is 0 Å². The zero-order valence-corrected chi connectivity index (χ0v) is 32.2. The minimum atomic E-state index is -0.401. The number of thiophene rings is 1. The molecule has 0 spiro atoms. The van der Waals surface area contributed by atoms with E-state index in [0.29, 0.717) is 0 Å². The van der Waals surface area contributed by atoms with Crippen LogP contribution < -0.4 is 0 Å². The Morgan fingerprint density at radius 1 is 0.316 bits per heavy atom. The topological polar surface area (TPSA) is 0 Å². The lowest BCUT2D eigenvalue weighted by atomic mass is 9.67. The van der Waals surface area contributed by atoms with Crippen LogP contribution in [0, 0.1) is 0 Å². The molecule has 11 rings (SSSR count). The summed E-state index contributed by atoms with van der Waals surface area (Å²) in [6.07, 6.45) is 0. The predicted molar refractivity (Wildman–Crippen MR) is 241 cm³/mol. The molecule has 0 saturated carbocycles. The van der Waals surface area contributed by atoms with E-state index in [4.69, 9.17) is 0 Å². The van der Waals surface area contributed by atoms with Crippen LogP contribution in [0.5, 0.6) is 0 Å². The second-order valence-electron chi connectivity index (χ2n) is 15.2. The summed E-state index contributed by atoms with van der Waals surface area (Å²) < 4.78 is 2.62. The Hall–Kier alpha value is -6.80. The number of rotatable bonds is 7. The van der Waals surface area contributed by atoms with Crippen molar-refractivity contribution in [3.8, 4) is 33.4 Å². The summed E-state index contributed by atoms with van der Waals surface area (Å²) in [5, 5.41) is 2.61. The van der Waals surface area contributed by atoms with Crippen LogP contribution in [-0.2, 0) is 5.41 Å². The van der Waals surface area contributed by atoms with Gasteiger partial charge in [0, 0.05) is 26.1 Å². The Morgan fingerprint density at radius 3 is 1.58 bits per heavy atom. The molecule has 9 aromatic carbocycles. The molecule has 0 saturated heterocycles. The van der Waals surface area contributed by atoms with Crippen LogP contribution in [0.1, 0.15) is 44.9 Å². The fourth-order valence-electron chi connectivity index (χ4n) is 9.52. The summed E-state index contributed by atoms with van der Waals surface area (Å²) in [5.74, 6) is 0.114. The number of fused-ring (bicyclic) bond motifs is 6. The van der Waals surface area contributed by atoms with Crippen LogP contribution in [0.4, 0.5) is 0 Å². The number of hydrogen-bond donors (Lipinski definition) is 0. The van der Waals surface area contributed by atoms with Crippen molar-refractivity contribution < 1.29 is 0 Å². The maximum absolute atomic E-state index is 2.47. The van der Waals surface area contributed by atoms with Gasteiger partial charge in [-0.1, -0.05) is 206 Å². The van der Waals surface area contributed by atoms with E-state index in [-0.39, 0.29) is 5.92 Å². The third-order valence-corrected chi connectivity index (χ3v) is 13.2. The molecule has 0 bridgehead atoms. The molecule has 1 unspecified atom stereocenters. The average molecular weight is 743 g/mol. The van der Waals surface area contributed by atoms with E-state index in [1.165, 1.54) is 92.5 Å². The molecule has 0 nitrogen and oxygen atoms in total. The molecule has 0 aliphatic heterocycles. The molecule has 0 fully saturated rings. The molecular formula is C56H38S. The SMILES string of the molecule is c1ccc(-c2ccc(C(c3ccccc3)c3cccc(-c4ccc5sc6cc(C7(c8ccccc8)c8ccccc8-c8ccccc87)ccc6c5c4)c3)cc2)cc1. The van der Waals surface area contributed by atoms with Crippen molar-refractivity contribution in [2.45, 2.75) is 11.3 Å². The first kappa shape index (κ1) is 33.5. The van der Waals surface area contributed by atoms with Gasteiger partial charge >= 0.3 is 0 Å².